The van der Waals surface area contributed by atoms with Crippen molar-refractivity contribution in [3.63, 3.8) is 0 Å². The number of imide groups is 2. The van der Waals surface area contributed by atoms with E-state index in [1.807, 2.05) is 6.92 Å². The number of barbiturate groups is 1. The molecule has 7 nitrogen and oxygen atoms in total. The predicted molar refractivity (Wildman–Crippen MR) is 132 cm³/mol. The number of anilines is 1. The Bertz CT molecular complexity index is 1200. The van der Waals surface area contributed by atoms with Gasteiger partial charge in [-0.25, -0.2) is 9.69 Å². The number of rotatable bonds is 9. The van der Waals surface area contributed by atoms with Gasteiger partial charge in [-0.2, -0.15) is 0 Å². The van der Waals surface area contributed by atoms with Crippen molar-refractivity contribution >= 4 is 41.2 Å². The van der Waals surface area contributed by atoms with Gasteiger partial charge in [0.05, 0.1) is 12.3 Å². The van der Waals surface area contributed by atoms with Gasteiger partial charge in [-0.3, -0.25) is 14.9 Å². The SMILES string of the molecule is C=CCOc1c(CC=C)cc(/C=C2\C(=O)NC(=O)N(c3cc(Cl)ccc3C)C2=O)cc1OCC. The molecule has 0 atom stereocenters. The maximum Gasteiger partial charge on any atom is 0.335 e. The Morgan fingerprint density at radius 2 is 1.85 bits per heavy atom. The summed E-state index contributed by atoms with van der Waals surface area (Å²) >= 11 is 6.08. The molecule has 1 aliphatic rings. The standard InChI is InChI=1S/C26H25ClN2O5/c1-5-8-18-12-17(14-22(33-7-3)23(18)34-11-6-2)13-20-24(30)28-26(32)29(25(20)31)21-15-19(27)10-9-16(21)4/h5-6,9-10,12-15H,1-2,7-8,11H2,3-4H3,(H,28,30,32)/b20-13+. The average molecular weight is 481 g/mol. The van der Waals surface area contributed by atoms with Gasteiger partial charge in [0.1, 0.15) is 12.2 Å². The summed E-state index contributed by atoms with van der Waals surface area (Å²) in [5.74, 6) is -0.553. The molecule has 0 saturated carbocycles. The molecule has 1 fully saturated rings. The lowest BCUT2D eigenvalue weighted by atomic mass is 10.0. The van der Waals surface area contributed by atoms with E-state index < -0.39 is 17.8 Å². The number of carbonyl (C=O) groups is 3. The number of amides is 4. The first-order valence-electron chi connectivity index (χ1n) is 10.6. The summed E-state index contributed by atoms with van der Waals surface area (Å²) in [4.78, 5) is 39.4. The highest BCUT2D eigenvalue weighted by molar-refractivity contribution is 6.39. The lowest BCUT2D eigenvalue weighted by Crippen LogP contribution is -2.54. The smallest absolute Gasteiger partial charge is 0.335 e. The Hall–Kier alpha value is -3.84. The van der Waals surface area contributed by atoms with Gasteiger partial charge in [0.15, 0.2) is 11.5 Å². The molecular formula is C26H25ClN2O5. The zero-order valence-electron chi connectivity index (χ0n) is 19.0. The molecule has 0 bridgehead atoms. The number of carbonyl (C=O) groups excluding carboxylic acids is 3. The zero-order valence-corrected chi connectivity index (χ0v) is 19.8. The van der Waals surface area contributed by atoms with Crippen LogP contribution in [0.2, 0.25) is 5.02 Å². The molecule has 3 rings (SSSR count). The molecule has 1 aliphatic heterocycles. The molecule has 1 N–H and O–H groups in total. The van der Waals surface area contributed by atoms with Crippen molar-refractivity contribution in [1.82, 2.24) is 5.32 Å². The van der Waals surface area contributed by atoms with Gasteiger partial charge in [-0.05, 0) is 61.7 Å². The van der Waals surface area contributed by atoms with E-state index in [1.54, 1.807) is 43.3 Å². The molecule has 1 saturated heterocycles. The van der Waals surface area contributed by atoms with E-state index in [-0.39, 0.29) is 12.2 Å². The molecule has 2 aromatic carbocycles. The first kappa shape index (κ1) is 24.8. The minimum Gasteiger partial charge on any atom is -0.490 e. The van der Waals surface area contributed by atoms with Crippen LogP contribution in [0, 0.1) is 6.92 Å². The van der Waals surface area contributed by atoms with Gasteiger partial charge in [0.25, 0.3) is 11.8 Å². The number of nitrogens with zero attached hydrogens (tertiary/aromatic N) is 1. The van der Waals surface area contributed by atoms with Crippen LogP contribution in [0.1, 0.15) is 23.6 Å². The second kappa shape index (κ2) is 10.9. The van der Waals surface area contributed by atoms with Crippen molar-refractivity contribution in [2.75, 3.05) is 18.1 Å². The van der Waals surface area contributed by atoms with Gasteiger partial charge >= 0.3 is 6.03 Å². The Balaban J connectivity index is 2.10. The van der Waals surface area contributed by atoms with E-state index in [1.165, 1.54) is 12.1 Å². The summed E-state index contributed by atoms with van der Waals surface area (Å²) in [6.45, 7) is 11.7. The molecule has 4 amide bonds. The monoisotopic (exact) mass is 480 g/mol. The number of benzene rings is 2. The summed E-state index contributed by atoms with van der Waals surface area (Å²) < 4.78 is 11.6. The van der Waals surface area contributed by atoms with Crippen LogP contribution in [0.5, 0.6) is 11.5 Å². The van der Waals surface area contributed by atoms with Crippen LogP contribution in [0.4, 0.5) is 10.5 Å². The minimum absolute atomic E-state index is 0.203. The molecule has 1 heterocycles. The van der Waals surface area contributed by atoms with Crippen LogP contribution >= 0.6 is 11.6 Å². The number of nitrogens with one attached hydrogen (secondary N) is 1. The minimum atomic E-state index is -0.840. The Kier molecular flexibility index (Phi) is 7.91. The molecule has 34 heavy (non-hydrogen) atoms. The van der Waals surface area contributed by atoms with Crippen molar-refractivity contribution in [2.45, 2.75) is 20.3 Å². The molecule has 0 aromatic heterocycles. The van der Waals surface area contributed by atoms with E-state index in [4.69, 9.17) is 21.1 Å². The van der Waals surface area contributed by atoms with E-state index >= 15 is 0 Å². The highest BCUT2D eigenvalue weighted by Crippen LogP contribution is 2.35. The highest BCUT2D eigenvalue weighted by atomic mass is 35.5. The Labute approximate surface area is 203 Å². The lowest BCUT2D eigenvalue weighted by Gasteiger charge is -2.27. The summed E-state index contributed by atoms with van der Waals surface area (Å²) in [6, 6.07) is 7.46. The van der Waals surface area contributed by atoms with Gasteiger partial charge in [0, 0.05) is 10.6 Å². The van der Waals surface area contributed by atoms with E-state index in [0.717, 1.165) is 10.5 Å². The number of urea groups is 1. The number of aryl methyl sites for hydroxylation is 1. The van der Waals surface area contributed by atoms with Gasteiger partial charge in [0.2, 0.25) is 0 Å². The normalized spacial score (nSPS) is 14.7. The van der Waals surface area contributed by atoms with Crippen LogP contribution < -0.4 is 19.7 Å². The average Bonchev–Trinajstić information content (AvgIpc) is 2.78. The first-order valence-corrected chi connectivity index (χ1v) is 11.0. The summed E-state index contributed by atoms with van der Waals surface area (Å²) in [5, 5.41) is 2.58. The van der Waals surface area contributed by atoms with Gasteiger partial charge in [-0.15, -0.1) is 6.58 Å². The third-order valence-electron chi connectivity index (χ3n) is 4.99. The van der Waals surface area contributed by atoms with Crippen molar-refractivity contribution in [2.24, 2.45) is 0 Å². The number of halogens is 1. The molecule has 176 valence electrons. The lowest BCUT2D eigenvalue weighted by molar-refractivity contribution is -0.122. The molecule has 0 unspecified atom stereocenters. The first-order chi connectivity index (χ1) is 16.3. The molecule has 2 aromatic rings. The number of ether oxygens (including phenoxy) is 2. The third kappa shape index (κ3) is 5.21. The van der Waals surface area contributed by atoms with Crippen LogP contribution in [-0.2, 0) is 16.0 Å². The maximum atomic E-state index is 13.3. The largest absolute Gasteiger partial charge is 0.490 e. The third-order valence-corrected chi connectivity index (χ3v) is 5.22. The Morgan fingerprint density at radius 1 is 1.09 bits per heavy atom. The molecule has 0 spiro atoms. The van der Waals surface area contributed by atoms with E-state index in [9.17, 15) is 14.4 Å². The summed E-state index contributed by atoms with van der Waals surface area (Å²) in [7, 11) is 0. The quantitative estimate of drug-likeness (QED) is 0.310. The maximum absolute atomic E-state index is 13.3. The van der Waals surface area contributed by atoms with Crippen LogP contribution in [0.3, 0.4) is 0 Å². The molecule has 0 radical (unpaired) electrons. The fourth-order valence-corrected chi connectivity index (χ4v) is 3.68. The van der Waals surface area contributed by atoms with Crippen LogP contribution in [0.15, 0.2) is 61.2 Å². The van der Waals surface area contributed by atoms with Crippen LogP contribution in [-0.4, -0.2) is 31.1 Å². The number of allylic oxidation sites excluding steroid dienone is 1. The van der Waals surface area contributed by atoms with Crippen molar-refractivity contribution in [3.05, 3.63) is 82.9 Å². The van der Waals surface area contributed by atoms with Gasteiger partial charge < -0.3 is 9.47 Å². The van der Waals surface area contributed by atoms with Crippen molar-refractivity contribution in [3.8, 4) is 11.5 Å². The van der Waals surface area contributed by atoms with E-state index in [2.05, 4.69) is 18.5 Å². The fourth-order valence-electron chi connectivity index (χ4n) is 3.51. The molecular weight excluding hydrogens is 456 g/mol. The zero-order chi connectivity index (χ0) is 24.8. The van der Waals surface area contributed by atoms with Crippen molar-refractivity contribution in [1.29, 1.82) is 0 Å². The number of hydrogen-bond donors (Lipinski definition) is 1. The van der Waals surface area contributed by atoms with Crippen LogP contribution in [0.25, 0.3) is 6.08 Å². The number of hydrogen-bond acceptors (Lipinski definition) is 5. The predicted octanol–water partition coefficient (Wildman–Crippen LogP) is 5.01. The summed E-state index contributed by atoms with van der Waals surface area (Å²) in [5.41, 5.74) is 2.03. The van der Waals surface area contributed by atoms with Gasteiger partial charge in [-0.1, -0.05) is 36.4 Å². The van der Waals surface area contributed by atoms with E-state index in [0.29, 0.717) is 46.4 Å². The Morgan fingerprint density at radius 3 is 2.53 bits per heavy atom. The summed E-state index contributed by atoms with van der Waals surface area (Å²) in [6.07, 6.45) is 5.22. The molecule has 0 aliphatic carbocycles. The second-order valence-electron chi connectivity index (χ2n) is 7.42. The van der Waals surface area contributed by atoms with Crippen molar-refractivity contribution < 1.29 is 23.9 Å². The topological polar surface area (TPSA) is 84.9 Å². The highest BCUT2D eigenvalue weighted by Gasteiger charge is 2.37. The molecule has 8 heteroatoms. The second-order valence-corrected chi connectivity index (χ2v) is 7.86. The fraction of sp³-hybridized carbons (Fsp3) is 0.192.